The Labute approximate surface area is 79.8 Å². The van der Waals surface area contributed by atoms with Gasteiger partial charge in [0.2, 0.25) is 0 Å². The molecule has 0 aliphatic heterocycles. The van der Waals surface area contributed by atoms with Crippen molar-refractivity contribution in [1.82, 2.24) is 4.98 Å². The van der Waals surface area contributed by atoms with Crippen molar-refractivity contribution < 1.29 is 5.11 Å². The van der Waals surface area contributed by atoms with Gasteiger partial charge in [-0.2, -0.15) is 0 Å². The molecule has 2 rings (SSSR count). The second-order valence-corrected chi connectivity index (χ2v) is 3.10. The highest BCUT2D eigenvalue weighted by Gasteiger charge is 2.06. The van der Waals surface area contributed by atoms with Crippen LogP contribution in [0.4, 0.5) is 5.69 Å². The van der Waals surface area contributed by atoms with Crippen LogP contribution in [0.1, 0.15) is 0 Å². The van der Waals surface area contributed by atoms with Gasteiger partial charge >= 0.3 is 0 Å². The van der Waals surface area contributed by atoms with Gasteiger partial charge < -0.3 is 10.8 Å². The number of nitrogens with zero attached hydrogens (tertiary/aromatic N) is 1. The normalized spacial score (nSPS) is 10.5. The first-order valence-corrected chi connectivity index (χ1v) is 4.09. The standard InChI is InChI=1S/C9H7ClN2O/c10-6-3-4-12-8-5(6)1-2-7(11)9(8)13/h1-4,13H,11H2. The summed E-state index contributed by atoms with van der Waals surface area (Å²) in [6.07, 6.45) is 1.53. The molecule has 1 heterocycles. The molecule has 0 atom stereocenters. The Morgan fingerprint density at radius 2 is 2.08 bits per heavy atom. The molecule has 0 saturated carbocycles. The van der Waals surface area contributed by atoms with E-state index in [9.17, 15) is 5.11 Å². The summed E-state index contributed by atoms with van der Waals surface area (Å²) in [5.74, 6) is -0.0139. The maximum atomic E-state index is 9.54. The quantitative estimate of drug-likeness (QED) is 0.499. The fourth-order valence-electron chi connectivity index (χ4n) is 1.19. The Hall–Kier alpha value is -1.48. The average Bonchev–Trinajstić information content (AvgIpc) is 2.12. The summed E-state index contributed by atoms with van der Waals surface area (Å²) in [5.41, 5.74) is 6.25. The lowest BCUT2D eigenvalue weighted by Crippen LogP contribution is -1.88. The van der Waals surface area contributed by atoms with Crippen molar-refractivity contribution in [3.63, 3.8) is 0 Å². The SMILES string of the molecule is Nc1ccc2c(Cl)ccnc2c1O. The molecule has 1 aromatic heterocycles. The molecule has 0 amide bonds. The first kappa shape index (κ1) is 8.13. The molecule has 0 aliphatic rings. The Kier molecular flexibility index (Phi) is 1.74. The molecule has 0 aliphatic carbocycles. The summed E-state index contributed by atoms with van der Waals surface area (Å²) < 4.78 is 0. The van der Waals surface area contributed by atoms with E-state index in [1.54, 1.807) is 18.2 Å². The number of aromatic hydroxyl groups is 1. The summed E-state index contributed by atoms with van der Waals surface area (Å²) in [5, 5.41) is 10.8. The highest BCUT2D eigenvalue weighted by Crippen LogP contribution is 2.32. The number of aromatic nitrogens is 1. The van der Waals surface area contributed by atoms with E-state index in [2.05, 4.69) is 4.98 Å². The van der Waals surface area contributed by atoms with Crippen molar-refractivity contribution in [2.75, 3.05) is 5.73 Å². The zero-order chi connectivity index (χ0) is 9.42. The minimum atomic E-state index is -0.0139. The molecular weight excluding hydrogens is 188 g/mol. The van der Waals surface area contributed by atoms with Crippen molar-refractivity contribution in [3.8, 4) is 5.75 Å². The van der Waals surface area contributed by atoms with Crippen LogP contribution in [0.15, 0.2) is 24.4 Å². The third-order valence-corrected chi connectivity index (χ3v) is 2.19. The van der Waals surface area contributed by atoms with E-state index in [0.717, 1.165) is 0 Å². The Balaban J connectivity index is 2.94. The number of phenols is 1. The van der Waals surface area contributed by atoms with E-state index in [1.165, 1.54) is 6.20 Å². The Morgan fingerprint density at radius 1 is 1.31 bits per heavy atom. The number of pyridine rings is 1. The third kappa shape index (κ3) is 1.17. The minimum absolute atomic E-state index is 0.0139. The first-order valence-electron chi connectivity index (χ1n) is 3.72. The molecule has 0 spiro atoms. The molecule has 0 unspecified atom stereocenters. The zero-order valence-electron chi connectivity index (χ0n) is 6.66. The van der Waals surface area contributed by atoms with Crippen molar-refractivity contribution in [3.05, 3.63) is 29.4 Å². The maximum Gasteiger partial charge on any atom is 0.165 e. The summed E-state index contributed by atoms with van der Waals surface area (Å²) in [6.45, 7) is 0. The number of phenolic OH excluding ortho intramolecular Hbond substituents is 1. The predicted molar refractivity (Wildman–Crippen MR) is 52.8 cm³/mol. The van der Waals surface area contributed by atoms with E-state index in [4.69, 9.17) is 17.3 Å². The molecule has 0 fully saturated rings. The topological polar surface area (TPSA) is 59.1 Å². The number of hydrogen-bond donors (Lipinski definition) is 2. The lowest BCUT2D eigenvalue weighted by atomic mass is 10.2. The van der Waals surface area contributed by atoms with Crippen LogP contribution in [-0.4, -0.2) is 10.1 Å². The highest BCUT2D eigenvalue weighted by atomic mass is 35.5. The van der Waals surface area contributed by atoms with Gasteiger partial charge in [0.25, 0.3) is 0 Å². The van der Waals surface area contributed by atoms with Gasteiger partial charge in [0.15, 0.2) is 5.75 Å². The van der Waals surface area contributed by atoms with E-state index >= 15 is 0 Å². The number of hydrogen-bond acceptors (Lipinski definition) is 3. The fourth-order valence-corrected chi connectivity index (χ4v) is 1.39. The molecular formula is C9H7ClN2O. The number of nitrogens with two attached hydrogens (primary N) is 1. The molecule has 4 heteroatoms. The molecule has 3 nitrogen and oxygen atoms in total. The van der Waals surface area contributed by atoms with Crippen LogP contribution in [0.5, 0.6) is 5.75 Å². The highest BCUT2D eigenvalue weighted by molar-refractivity contribution is 6.35. The monoisotopic (exact) mass is 194 g/mol. The van der Waals surface area contributed by atoms with E-state index in [1.807, 2.05) is 0 Å². The van der Waals surface area contributed by atoms with Gasteiger partial charge in [-0.05, 0) is 18.2 Å². The Morgan fingerprint density at radius 3 is 2.85 bits per heavy atom. The van der Waals surface area contributed by atoms with Crippen LogP contribution in [0.3, 0.4) is 0 Å². The predicted octanol–water partition coefficient (Wildman–Crippen LogP) is 2.18. The van der Waals surface area contributed by atoms with Crippen molar-refractivity contribution in [2.24, 2.45) is 0 Å². The average molecular weight is 195 g/mol. The number of benzene rings is 1. The number of halogens is 1. The molecule has 13 heavy (non-hydrogen) atoms. The van der Waals surface area contributed by atoms with Crippen LogP contribution in [0.2, 0.25) is 5.02 Å². The second kappa shape index (κ2) is 2.78. The van der Waals surface area contributed by atoms with E-state index in [0.29, 0.717) is 21.6 Å². The fraction of sp³-hybridized carbons (Fsp3) is 0. The van der Waals surface area contributed by atoms with Crippen molar-refractivity contribution in [1.29, 1.82) is 0 Å². The van der Waals surface area contributed by atoms with Gasteiger partial charge in [0.05, 0.1) is 10.7 Å². The number of anilines is 1. The van der Waals surface area contributed by atoms with Crippen LogP contribution >= 0.6 is 11.6 Å². The van der Waals surface area contributed by atoms with Gasteiger partial charge in [0, 0.05) is 11.6 Å². The van der Waals surface area contributed by atoms with Crippen LogP contribution in [0.25, 0.3) is 10.9 Å². The molecule has 1 aromatic carbocycles. The lowest BCUT2D eigenvalue weighted by molar-refractivity contribution is 0.483. The maximum absolute atomic E-state index is 9.54. The molecule has 0 radical (unpaired) electrons. The molecule has 0 bridgehead atoms. The van der Waals surface area contributed by atoms with Crippen LogP contribution < -0.4 is 5.73 Å². The van der Waals surface area contributed by atoms with Gasteiger partial charge in [0.1, 0.15) is 5.52 Å². The smallest absolute Gasteiger partial charge is 0.165 e. The van der Waals surface area contributed by atoms with Crippen molar-refractivity contribution >= 4 is 28.2 Å². The molecule has 66 valence electrons. The molecule has 3 N–H and O–H groups in total. The number of fused-ring (bicyclic) bond motifs is 1. The lowest BCUT2D eigenvalue weighted by Gasteiger charge is -2.03. The van der Waals surface area contributed by atoms with Crippen LogP contribution in [-0.2, 0) is 0 Å². The second-order valence-electron chi connectivity index (χ2n) is 2.69. The summed E-state index contributed by atoms with van der Waals surface area (Å²) >= 11 is 5.89. The van der Waals surface area contributed by atoms with Crippen molar-refractivity contribution in [2.45, 2.75) is 0 Å². The third-order valence-electron chi connectivity index (χ3n) is 1.86. The van der Waals surface area contributed by atoms with E-state index < -0.39 is 0 Å². The Bertz CT molecular complexity index is 470. The first-order chi connectivity index (χ1) is 6.20. The molecule has 2 aromatic rings. The number of rotatable bonds is 0. The van der Waals surface area contributed by atoms with E-state index in [-0.39, 0.29) is 5.75 Å². The summed E-state index contributed by atoms with van der Waals surface area (Å²) in [6, 6.07) is 5.00. The summed E-state index contributed by atoms with van der Waals surface area (Å²) in [7, 11) is 0. The molecule has 0 saturated heterocycles. The van der Waals surface area contributed by atoms with Gasteiger partial charge in [-0.25, -0.2) is 0 Å². The van der Waals surface area contributed by atoms with Gasteiger partial charge in [-0.1, -0.05) is 11.6 Å². The van der Waals surface area contributed by atoms with Gasteiger partial charge in [-0.3, -0.25) is 4.98 Å². The van der Waals surface area contributed by atoms with Crippen LogP contribution in [0, 0.1) is 0 Å². The minimum Gasteiger partial charge on any atom is -0.504 e. The zero-order valence-corrected chi connectivity index (χ0v) is 7.42. The largest absolute Gasteiger partial charge is 0.504 e. The van der Waals surface area contributed by atoms with Gasteiger partial charge in [-0.15, -0.1) is 0 Å². The number of nitrogen functional groups attached to an aromatic ring is 1. The summed E-state index contributed by atoms with van der Waals surface area (Å²) in [4.78, 5) is 3.99.